The summed E-state index contributed by atoms with van der Waals surface area (Å²) in [4.78, 5) is 26.0. The largest absolute Gasteiger partial charge is 0.467 e. The molecule has 112 valence electrons. The number of benzene rings is 1. The Morgan fingerprint density at radius 3 is 2.52 bits per heavy atom. The number of hydrogen-bond acceptors (Lipinski definition) is 3. The second-order valence-electron chi connectivity index (χ2n) is 5.71. The highest BCUT2D eigenvalue weighted by molar-refractivity contribution is 6.30. The number of ether oxygens (including phenoxy) is 1. The van der Waals surface area contributed by atoms with Crippen LogP contribution in [0.4, 0.5) is 0 Å². The van der Waals surface area contributed by atoms with Gasteiger partial charge in [-0.05, 0) is 42.9 Å². The number of amides is 1. The van der Waals surface area contributed by atoms with Crippen LogP contribution in [0.1, 0.15) is 37.3 Å². The fourth-order valence-corrected chi connectivity index (χ4v) is 3.28. The van der Waals surface area contributed by atoms with E-state index in [1.54, 1.807) is 4.90 Å². The number of carbonyl (C=O) groups is 2. The van der Waals surface area contributed by atoms with Crippen molar-refractivity contribution in [3.8, 4) is 0 Å². The zero-order chi connectivity index (χ0) is 15.0. The number of rotatable bonds is 4. The van der Waals surface area contributed by atoms with Gasteiger partial charge in [-0.3, -0.25) is 4.79 Å². The van der Waals surface area contributed by atoms with Gasteiger partial charge in [-0.15, -0.1) is 0 Å². The van der Waals surface area contributed by atoms with E-state index in [2.05, 4.69) is 0 Å². The molecular weight excluding hydrogens is 290 g/mol. The van der Waals surface area contributed by atoms with Crippen molar-refractivity contribution in [3.63, 3.8) is 0 Å². The van der Waals surface area contributed by atoms with Gasteiger partial charge in [0.25, 0.3) is 0 Å². The van der Waals surface area contributed by atoms with E-state index in [0.717, 1.165) is 18.4 Å². The van der Waals surface area contributed by atoms with Gasteiger partial charge in [0.15, 0.2) is 0 Å². The van der Waals surface area contributed by atoms with E-state index < -0.39 is 6.04 Å². The number of hydrogen-bond donors (Lipinski definition) is 0. The molecule has 2 aliphatic rings. The molecule has 0 bridgehead atoms. The molecular formula is C16H18ClNO3. The van der Waals surface area contributed by atoms with Crippen molar-refractivity contribution < 1.29 is 14.3 Å². The van der Waals surface area contributed by atoms with E-state index in [1.165, 1.54) is 7.11 Å². The molecule has 2 atom stereocenters. The first-order chi connectivity index (χ1) is 10.1. The zero-order valence-corrected chi connectivity index (χ0v) is 12.7. The van der Waals surface area contributed by atoms with Crippen LogP contribution >= 0.6 is 11.6 Å². The second kappa shape index (κ2) is 5.68. The minimum Gasteiger partial charge on any atom is -0.467 e. The van der Waals surface area contributed by atoms with Crippen LogP contribution < -0.4 is 0 Å². The van der Waals surface area contributed by atoms with Crippen molar-refractivity contribution >= 4 is 23.5 Å². The third-order valence-corrected chi connectivity index (χ3v) is 4.56. The van der Waals surface area contributed by atoms with Gasteiger partial charge in [0.2, 0.25) is 5.91 Å². The minimum atomic E-state index is -0.455. The van der Waals surface area contributed by atoms with Crippen LogP contribution in [-0.4, -0.2) is 29.9 Å². The number of halogens is 1. The first-order valence-electron chi connectivity index (χ1n) is 7.26. The van der Waals surface area contributed by atoms with Crippen molar-refractivity contribution in [2.75, 3.05) is 7.11 Å². The summed E-state index contributed by atoms with van der Waals surface area (Å²) in [7, 11) is 1.37. The van der Waals surface area contributed by atoms with Gasteiger partial charge in [0.05, 0.1) is 13.2 Å². The SMILES string of the molecule is COC(=O)C1CCC(=O)N1C(c1ccc(Cl)cc1)C1CC1. The molecule has 1 saturated heterocycles. The molecule has 1 aromatic carbocycles. The average molecular weight is 308 g/mol. The lowest BCUT2D eigenvalue weighted by Crippen LogP contribution is -2.42. The summed E-state index contributed by atoms with van der Waals surface area (Å²) in [5.74, 6) is 0.151. The molecule has 1 aliphatic carbocycles. The zero-order valence-electron chi connectivity index (χ0n) is 11.9. The number of carbonyl (C=O) groups excluding carboxylic acids is 2. The molecule has 2 unspecified atom stereocenters. The summed E-state index contributed by atoms with van der Waals surface area (Å²) in [5.41, 5.74) is 1.05. The van der Waals surface area contributed by atoms with Gasteiger partial charge in [0.1, 0.15) is 6.04 Å². The number of methoxy groups -OCH3 is 1. The minimum absolute atomic E-state index is 0.0391. The van der Waals surface area contributed by atoms with Crippen LogP contribution in [0.25, 0.3) is 0 Å². The molecule has 5 heteroatoms. The van der Waals surface area contributed by atoms with Gasteiger partial charge in [-0.25, -0.2) is 4.79 Å². The summed E-state index contributed by atoms with van der Waals surface area (Å²) in [6.07, 6.45) is 3.13. The Morgan fingerprint density at radius 1 is 1.29 bits per heavy atom. The third-order valence-electron chi connectivity index (χ3n) is 4.31. The van der Waals surface area contributed by atoms with Crippen LogP contribution in [0.3, 0.4) is 0 Å². The predicted octanol–water partition coefficient (Wildman–Crippen LogP) is 2.96. The lowest BCUT2D eigenvalue weighted by atomic mass is 9.99. The lowest BCUT2D eigenvalue weighted by Gasteiger charge is -2.32. The molecule has 1 saturated carbocycles. The molecule has 2 fully saturated rings. The third kappa shape index (κ3) is 2.77. The van der Waals surface area contributed by atoms with Crippen LogP contribution in [0.5, 0.6) is 0 Å². The Balaban J connectivity index is 1.94. The second-order valence-corrected chi connectivity index (χ2v) is 6.15. The van der Waals surface area contributed by atoms with Crippen molar-refractivity contribution in [3.05, 3.63) is 34.9 Å². The standard InChI is InChI=1S/C16H18ClNO3/c1-21-16(20)13-8-9-14(19)18(13)15(10-2-3-10)11-4-6-12(17)7-5-11/h4-7,10,13,15H,2-3,8-9H2,1H3. The Labute approximate surface area is 129 Å². The van der Waals surface area contributed by atoms with Gasteiger partial charge in [-0.2, -0.15) is 0 Å². The fraction of sp³-hybridized carbons (Fsp3) is 0.500. The Hall–Kier alpha value is -1.55. The Bertz CT molecular complexity index is 553. The molecule has 0 N–H and O–H groups in total. The molecule has 0 radical (unpaired) electrons. The first-order valence-corrected chi connectivity index (χ1v) is 7.64. The molecule has 0 aromatic heterocycles. The van der Waals surface area contributed by atoms with E-state index in [4.69, 9.17) is 16.3 Å². The van der Waals surface area contributed by atoms with E-state index in [-0.39, 0.29) is 17.9 Å². The Morgan fingerprint density at radius 2 is 1.95 bits per heavy atom. The van der Waals surface area contributed by atoms with Crippen molar-refractivity contribution in [2.45, 2.75) is 37.8 Å². The number of likely N-dealkylation sites (tertiary alicyclic amines) is 1. The number of nitrogens with zero attached hydrogens (tertiary/aromatic N) is 1. The van der Waals surface area contributed by atoms with E-state index in [9.17, 15) is 9.59 Å². The van der Waals surface area contributed by atoms with Crippen molar-refractivity contribution in [1.82, 2.24) is 4.90 Å². The van der Waals surface area contributed by atoms with Crippen LogP contribution in [0, 0.1) is 5.92 Å². The van der Waals surface area contributed by atoms with Crippen molar-refractivity contribution in [2.24, 2.45) is 5.92 Å². The summed E-state index contributed by atoms with van der Waals surface area (Å²) < 4.78 is 4.86. The molecule has 1 heterocycles. The maximum Gasteiger partial charge on any atom is 0.328 e. The van der Waals surface area contributed by atoms with E-state index in [0.29, 0.717) is 23.8 Å². The quantitative estimate of drug-likeness (QED) is 0.803. The monoisotopic (exact) mass is 307 g/mol. The molecule has 1 amide bonds. The van der Waals surface area contributed by atoms with Gasteiger partial charge >= 0.3 is 5.97 Å². The maximum atomic E-state index is 12.3. The highest BCUT2D eigenvalue weighted by Crippen LogP contribution is 2.47. The average Bonchev–Trinajstić information content (AvgIpc) is 3.25. The Kier molecular flexibility index (Phi) is 3.89. The molecule has 21 heavy (non-hydrogen) atoms. The molecule has 4 nitrogen and oxygen atoms in total. The lowest BCUT2D eigenvalue weighted by molar-refractivity contribution is -0.151. The van der Waals surface area contributed by atoms with Gasteiger partial charge < -0.3 is 9.64 Å². The number of esters is 1. The topological polar surface area (TPSA) is 46.6 Å². The predicted molar refractivity (Wildman–Crippen MR) is 78.8 cm³/mol. The van der Waals surface area contributed by atoms with E-state index >= 15 is 0 Å². The van der Waals surface area contributed by atoms with E-state index in [1.807, 2.05) is 24.3 Å². The van der Waals surface area contributed by atoms with Crippen LogP contribution in [-0.2, 0) is 14.3 Å². The molecule has 0 spiro atoms. The summed E-state index contributed by atoms with van der Waals surface area (Å²) in [6.45, 7) is 0. The molecule has 1 aliphatic heterocycles. The first kappa shape index (κ1) is 14.4. The van der Waals surface area contributed by atoms with Crippen molar-refractivity contribution in [1.29, 1.82) is 0 Å². The summed E-state index contributed by atoms with van der Waals surface area (Å²) in [5, 5.41) is 0.672. The molecule has 1 aromatic rings. The highest BCUT2D eigenvalue weighted by Gasteiger charge is 2.46. The normalized spacial score (nSPS) is 23.2. The van der Waals surface area contributed by atoms with Gasteiger partial charge in [-0.1, -0.05) is 23.7 Å². The van der Waals surface area contributed by atoms with Crippen LogP contribution in [0.15, 0.2) is 24.3 Å². The fourth-order valence-electron chi connectivity index (χ4n) is 3.15. The highest BCUT2D eigenvalue weighted by atomic mass is 35.5. The molecule has 3 rings (SSSR count). The summed E-state index contributed by atoms with van der Waals surface area (Å²) in [6, 6.07) is 7.07. The maximum absolute atomic E-state index is 12.3. The van der Waals surface area contributed by atoms with Crippen LogP contribution in [0.2, 0.25) is 5.02 Å². The van der Waals surface area contributed by atoms with Gasteiger partial charge in [0, 0.05) is 11.4 Å². The smallest absolute Gasteiger partial charge is 0.328 e. The summed E-state index contributed by atoms with van der Waals surface area (Å²) >= 11 is 5.95.